The Kier molecular flexibility index (Phi) is 4.63. The first-order chi connectivity index (χ1) is 5.39. The number of carbonyl (C=O) groups is 1. The molecular formula is C8H17NO2S. The van der Waals surface area contributed by atoms with Gasteiger partial charge in [0.05, 0.1) is 5.25 Å². The van der Waals surface area contributed by atoms with E-state index in [4.69, 9.17) is 5.11 Å². The van der Waals surface area contributed by atoms with E-state index in [1.165, 1.54) is 0 Å². The lowest BCUT2D eigenvalue weighted by Crippen LogP contribution is -2.38. The third-order valence-corrected chi connectivity index (χ3v) is 1.78. The van der Waals surface area contributed by atoms with Crippen molar-refractivity contribution in [1.82, 2.24) is 5.32 Å². The molecule has 0 bridgehead atoms. The molecule has 0 radical (unpaired) electrons. The average molecular weight is 191 g/mol. The van der Waals surface area contributed by atoms with Crippen molar-refractivity contribution >= 4 is 18.5 Å². The minimum absolute atomic E-state index is 0.0637. The summed E-state index contributed by atoms with van der Waals surface area (Å²) in [6, 6.07) is 0. The normalized spacial score (nSPS) is 14.1. The zero-order chi connectivity index (χ0) is 9.78. The number of hydrogen-bond acceptors (Lipinski definition) is 3. The van der Waals surface area contributed by atoms with Crippen molar-refractivity contribution in [2.75, 3.05) is 13.2 Å². The van der Waals surface area contributed by atoms with Gasteiger partial charge >= 0.3 is 0 Å². The van der Waals surface area contributed by atoms with E-state index in [0.29, 0.717) is 6.54 Å². The van der Waals surface area contributed by atoms with Crippen molar-refractivity contribution in [3.8, 4) is 0 Å². The van der Waals surface area contributed by atoms with Gasteiger partial charge in [0.2, 0.25) is 5.91 Å². The molecule has 72 valence electrons. The Morgan fingerprint density at radius 3 is 2.50 bits per heavy atom. The first kappa shape index (κ1) is 11.8. The van der Waals surface area contributed by atoms with E-state index in [1.807, 2.05) is 13.8 Å². The van der Waals surface area contributed by atoms with Crippen LogP contribution in [0.4, 0.5) is 0 Å². The van der Waals surface area contributed by atoms with Gasteiger partial charge in [-0.05, 0) is 6.92 Å². The standard InChI is InChI=1S/C8H17NO2S/c1-6(12)7(11)9-4-8(2,3)5-10/h6,10,12H,4-5H2,1-3H3,(H,9,11). The molecule has 0 rings (SSSR count). The van der Waals surface area contributed by atoms with E-state index in [-0.39, 0.29) is 23.2 Å². The molecule has 0 saturated heterocycles. The largest absolute Gasteiger partial charge is 0.396 e. The summed E-state index contributed by atoms with van der Waals surface area (Å²) in [5, 5.41) is 11.3. The third-order valence-electron chi connectivity index (χ3n) is 1.55. The number of carbonyl (C=O) groups excluding carboxylic acids is 1. The van der Waals surface area contributed by atoms with Gasteiger partial charge in [-0.15, -0.1) is 0 Å². The fraction of sp³-hybridized carbons (Fsp3) is 0.875. The number of thiol groups is 1. The number of hydrogen-bond donors (Lipinski definition) is 3. The number of amides is 1. The zero-order valence-corrected chi connectivity index (χ0v) is 8.69. The summed E-state index contributed by atoms with van der Waals surface area (Å²) in [6.07, 6.45) is 0. The maximum Gasteiger partial charge on any atom is 0.232 e. The Labute approximate surface area is 79.0 Å². The van der Waals surface area contributed by atoms with Crippen LogP contribution in [0.25, 0.3) is 0 Å². The fourth-order valence-corrected chi connectivity index (χ4v) is 0.621. The Bertz CT molecular complexity index is 157. The maximum atomic E-state index is 11.0. The van der Waals surface area contributed by atoms with E-state index < -0.39 is 0 Å². The zero-order valence-electron chi connectivity index (χ0n) is 7.79. The first-order valence-electron chi connectivity index (χ1n) is 3.96. The lowest BCUT2D eigenvalue weighted by atomic mass is 9.95. The van der Waals surface area contributed by atoms with Crippen LogP contribution in [0.1, 0.15) is 20.8 Å². The maximum absolute atomic E-state index is 11.0. The lowest BCUT2D eigenvalue weighted by molar-refractivity contribution is -0.120. The summed E-state index contributed by atoms with van der Waals surface area (Å²) >= 11 is 3.98. The molecule has 2 N–H and O–H groups in total. The number of aliphatic hydroxyl groups is 1. The van der Waals surface area contributed by atoms with Crippen LogP contribution in [-0.4, -0.2) is 29.4 Å². The highest BCUT2D eigenvalue weighted by Crippen LogP contribution is 2.11. The fourth-order valence-electron chi connectivity index (χ4n) is 0.530. The first-order valence-corrected chi connectivity index (χ1v) is 4.47. The van der Waals surface area contributed by atoms with Gasteiger partial charge < -0.3 is 10.4 Å². The summed E-state index contributed by atoms with van der Waals surface area (Å²) in [7, 11) is 0. The van der Waals surface area contributed by atoms with Crippen molar-refractivity contribution in [2.45, 2.75) is 26.0 Å². The molecule has 0 aromatic heterocycles. The van der Waals surface area contributed by atoms with Crippen LogP contribution in [0.15, 0.2) is 0 Å². The van der Waals surface area contributed by atoms with Crippen LogP contribution in [0.2, 0.25) is 0 Å². The second-order valence-electron chi connectivity index (χ2n) is 3.72. The van der Waals surface area contributed by atoms with Crippen LogP contribution in [0.5, 0.6) is 0 Å². The van der Waals surface area contributed by atoms with E-state index in [0.717, 1.165) is 0 Å². The lowest BCUT2D eigenvalue weighted by Gasteiger charge is -2.22. The monoisotopic (exact) mass is 191 g/mol. The van der Waals surface area contributed by atoms with Crippen molar-refractivity contribution < 1.29 is 9.90 Å². The molecule has 0 aromatic rings. The second kappa shape index (κ2) is 4.72. The van der Waals surface area contributed by atoms with E-state index >= 15 is 0 Å². The quantitative estimate of drug-likeness (QED) is 0.565. The molecule has 0 heterocycles. The summed E-state index contributed by atoms with van der Waals surface area (Å²) < 4.78 is 0. The summed E-state index contributed by atoms with van der Waals surface area (Å²) in [5.41, 5.74) is -0.252. The highest BCUT2D eigenvalue weighted by atomic mass is 32.1. The molecular weight excluding hydrogens is 174 g/mol. The smallest absolute Gasteiger partial charge is 0.232 e. The van der Waals surface area contributed by atoms with E-state index in [2.05, 4.69) is 17.9 Å². The molecule has 1 atom stereocenters. The van der Waals surface area contributed by atoms with E-state index in [9.17, 15) is 4.79 Å². The van der Waals surface area contributed by atoms with Crippen LogP contribution in [0.3, 0.4) is 0 Å². The molecule has 1 amide bonds. The predicted octanol–water partition coefficient (Wildman–Crippen LogP) is 0.439. The molecule has 0 aliphatic heterocycles. The van der Waals surface area contributed by atoms with Gasteiger partial charge in [-0.1, -0.05) is 13.8 Å². The molecule has 0 fully saturated rings. The average Bonchev–Trinajstić information content (AvgIpc) is 2.00. The molecule has 12 heavy (non-hydrogen) atoms. The topological polar surface area (TPSA) is 49.3 Å². The van der Waals surface area contributed by atoms with E-state index in [1.54, 1.807) is 6.92 Å². The van der Waals surface area contributed by atoms with Gasteiger partial charge in [-0.2, -0.15) is 12.6 Å². The Hall–Kier alpha value is -0.220. The Balaban J connectivity index is 3.76. The SMILES string of the molecule is CC(S)C(=O)NCC(C)(C)CO. The molecule has 0 saturated carbocycles. The van der Waals surface area contributed by atoms with Gasteiger partial charge in [0, 0.05) is 18.6 Å². The van der Waals surface area contributed by atoms with Crippen molar-refractivity contribution in [2.24, 2.45) is 5.41 Å². The van der Waals surface area contributed by atoms with Crippen molar-refractivity contribution in [3.05, 3.63) is 0 Å². The number of rotatable bonds is 4. The Morgan fingerprint density at radius 1 is 1.67 bits per heavy atom. The van der Waals surface area contributed by atoms with Crippen LogP contribution < -0.4 is 5.32 Å². The second-order valence-corrected chi connectivity index (χ2v) is 4.49. The molecule has 4 heteroatoms. The van der Waals surface area contributed by atoms with Crippen molar-refractivity contribution in [1.29, 1.82) is 0 Å². The van der Waals surface area contributed by atoms with Crippen LogP contribution in [-0.2, 0) is 4.79 Å². The van der Waals surface area contributed by atoms with Crippen molar-refractivity contribution in [3.63, 3.8) is 0 Å². The number of nitrogens with one attached hydrogen (secondary N) is 1. The predicted molar refractivity (Wildman–Crippen MR) is 52.3 cm³/mol. The number of aliphatic hydroxyl groups excluding tert-OH is 1. The molecule has 0 aromatic carbocycles. The minimum atomic E-state index is -0.292. The summed E-state index contributed by atoms with van der Waals surface area (Å²) in [5.74, 6) is -0.0974. The van der Waals surface area contributed by atoms with Gasteiger partial charge in [0.1, 0.15) is 0 Å². The van der Waals surface area contributed by atoms with Gasteiger partial charge in [-0.3, -0.25) is 4.79 Å². The summed E-state index contributed by atoms with van der Waals surface area (Å²) in [4.78, 5) is 11.0. The molecule has 0 aliphatic carbocycles. The molecule has 3 nitrogen and oxygen atoms in total. The molecule has 1 unspecified atom stereocenters. The highest BCUT2D eigenvalue weighted by molar-refractivity contribution is 7.81. The minimum Gasteiger partial charge on any atom is -0.396 e. The summed E-state index contributed by atoms with van der Waals surface area (Å²) in [6.45, 7) is 6.03. The van der Waals surface area contributed by atoms with Gasteiger partial charge in [-0.25, -0.2) is 0 Å². The molecule has 0 aliphatic rings. The third kappa shape index (κ3) is 4.62. The Morgan fingerprint density at radius 2 is 2.17 bits per heavy atom. The van der Waals surface area contributed by atoms with Crippen LogP contribution in [0, 0.1) is 5.41 Å². The highest BCUT2D eigenvalue weighted by Gasteiger charge is 2.18. The van der Waals surface area contributed by atoms with Crippen LogP contribution >= 0.6 is 12.6 Å². The van der Waals surface area contributed by atoms with Gasteiger partial charge in [0.15, 0.2) is 0 Å². The molecule has 0 spiro atoms. The van der Waals surface area contributed by atoms with Gasteiger partial charge in [0.25, 0.3) is 0 Å².